The van der Waals surface area contributed by atoms with Crippen LogP contribution in [0.5, 0.6) is 0 Å². The Kier molecular flexibility index (Phi) is 3.51. The molecule has 1 N–H and O–H groups in total. The molecule has 2 aromatic heterocycles. The summed E-state index contributed by atoms with van der Waals surface area (Å²) in [5.41, 5.74) is 4.22. The molecule has 106 valence electrons. The molecule has 1 aromatic carbocycles. The van der Waals surface area contributed by atoms with Gasteiger partial charge in [0, 0.05) is 22.6 Å². The number of anilines is 1. The molecule has 0 saturated carbocycles. The highest BCUT2D eigenvalue weighted by Gasteiger charge is 2.08. The highest BCUT2D eigenvalue weighted by molar-refractivity contribution is 9.10. The predicted octanol–water partition coefficient (Wildman–Crippen LogP) is 3.97. The van der Waals surface area contributed by atoms with Crippen LogP contribution in [0.3, 0.4) is 0 Å². The van der Waals surface area contributed by atoms with Gasteiger partial charge in [0.25, 0.3) is 5.91 Å². The van der Waals surface area contributed by atoms with Crippen LogP contribution in [0.1, 0.15) is 21.6 Å². The van der Waals surface area contributed by atoms with Crippen molar-refractivity contribution < 1.29 is 4.79 Å². The first kappa shape index (κ1) is 13.8. The van der Waals surface area contributed by atoms with E-state index in [4.69, 9.17) is 0 Å². The molecule has 2 heterocycles. The Morgan fingerprint density at radius 2 is 2.00 bits per heavy atom. The van der Waals surface area contributed by atoms with Crippen LogP contribution in [0.15, 0.2) is 47.2 Å². The second-order valence-corrected chi connectivity index (χ2v) is 5.84. The van der Waals surface area contributed by atoms with Gasteiger partial charge in [0.05, 0.1) is 11.3 Å². The third kappa shape index (κ3) is 2.83. The number of hydrogen-bond donors (Lipinski definition) is 1. The lowest BCUT2D eigenvalue weighted by Crippen LogP contribution is -2.12. The number of rotatable bonds is 2. The second kappa shape index (κ2) is 5.33. The SMILES string of the molecule is Cc1cn2cc(C(=O)Nc3ccc(Br)c(C)c3)ccc2n1. The zero-order chi connectivity index (χ0) is 15.0. The van der Waals surface area contributed by atoms with Crippen LogP contribution < -0.4 is 5.32 Å². The number of halogens is 1. The summed E-state index contributed by atoms with van der Waals surface area (Å²) >= 11 is 3.45. The van der Waals surface area contributed by atoms with E-state index in [0.717, 1.165) is 27.1 Å². The Balaban J connectivity index is 1.87. The molecule has 21 heavy (non-hydrogen) atoms. The number of nitrogens with zero attached hydrogens (tertiary/aromatic N) is 2. The zero-order valence-electron chi connectivity index (χ0n) is 11.7. The van der Waals surface area contributed by atoms with Gasteiger partial charge in [-0.3, -0.25) is 4.79 Å². The Morgan fingerprint density at radius 3 is 2.76 bits per heavy atom. The van der Waals surface area contributed by atoms with Crippen molar-refractivity contribution in [3.05, 3.63) is 64.0 Å². The molecule has 0 atom stereocenters. The predicted molar refractivity (Wildman–Crippen MR) is 86.8 cm³/mol. The number of imidazole rings is 1. The molecule has 0 bridgehead atoms. The summed E-state index contributed by atoms with van der Waals surface area (Å²) < 4.78 is 2.88. The molecule has 4 nitrogen and oxygen atoms in total. The molecule has 0 unspecified atom stereocenters. The first-order valence-corrected chi connectivity index (χ1v) is 7.35. The van der Waals surface area contributed by atoms with Crippen molar-refractivity contribution in [3.63, 3.8) is 0 Å². The summed E-state index contributed by atoms with van der Waals surface area (Å²) in [5.74, 6) is -0.134. The van der Waals surface area contributed by atoms with E-state index < -0.39 is 0 Å². The molecule has 3 aromatic rings. The lowest BCUT2D eigenvalue weighted by Gasteiger charge is -2.07. The average molecular weight is 344 g/mol. The maximum atomic E-state index is 12.3. The van der Waals surface area contributed by atoms with Crippen molar-refractivity contribution in [2.24, 2.45) is 0 Å². The molecular formula is C16H14BrN3O. The van der Waals surface area contributed by atoms with Crippen LogP contribution in [-0.2, 0) is 0 Å². The lowest BCUT2D eigenvalue weighted by molar-refractivity contribution is 0.102. The van der Waals surface area contributed by atoms with Crippen LogP contribution in [0.2, 0.25) is 0 Å². The number of carbonyl (C=O) groups is 1. The molecule has 5 heteroatoms. The topological polar surface area (TPSA) is 46.4 Å². The van der Waals surface area contributed by atoms with Gasteiger partial charge in [-0.2, -0.15) is 0 Å². The maximum absolute atomic E-state index is 12.3. The number of hydrogen-bond acceptors (Lipinski definition) is 2. The summed E-state index contributed by atoms with van der Waals surface area (Å²) in [5, 5.41) is 2.90. The Bertz CT molecular complexity index is 839. The average Bonchev–Trinajstić information content (AvgIpc) is 2.82. The van der Waals surface area contributed by atoms with E-state index in [1.807, 2.05) is 48.7 Å². The quantitative estimate of drug-likeness (QED) is 0.765. The standard InChI is InChI=1S/C16H14BrN3O/c1-10-7-13(4-5-14(10)17)19-16(21)12-3-6-15-18-11(2)8-20(15)9-12/h3-9H,1-2H3,(H,19,21). The van der Waals surface area contributed by atoms with Gasteiger partial charge in [0.1, 0.15) is 5.65 Å². The smallest absolute Gasteiger partial charge is 0.257 e. The number of benzene rings is 1. The molecule has 0 spiro atoms. The van der Waals surface area contributed by atoms with Crippen molar-refractivity contribution in [1.82, 2.24) is 9.38 Å². The van der Waals surface area contributed by atoms with E-state index in [9.17, 15) is 4.79 Å². The van der Waals surface area contributed by atoms with Gasteiger partial charge < -0.3 is 9.72 Å². The van der Waals surface area contributed by atoms with Gasteiger partial charge in [-0.05, 0) is 49.7 Å². The molecule has 0 aliphatic carbocycles. The molecule has 3 rings (SSSR count). The van der Waals surface area contributed by atoms with Gasteiger partial charge in [-0.25, -0.2) is 4.98 Å². The molecule has 0 saturated heterocycles. The van der Waals surface area contributed by atoms with Crippen molar-refractivity contribution in [3.8, 4) is 0 Å². The van der Waals surface area contributed by atoms with Gasteiger partial charge in [0.15, 0.2) is 0 Å². The summed E-state index contributed by atoms with van der Waals surface area (Å²) in [7, 11) is 0. The molecule has 0 radical (unpaired) electrons. The first-order valence-electron chi connectivity index (χ1n) is 6.56. The van der Waals surface area contributed by atoms with Crippen molar-refractivity contribution in [1.29, 1.82) is 0 Å². The Labute approximate surface area is 131 Å². The Morgan fingerprint density at radius 1 is 1.19 bits per heavy atom. The van der Waals surface area contributed by atoms with E-state index in [-0.39, 0.29) is 5.91 Å². The van der Waals surface area contributed by atoms with E-state index >= 15 is 0 Å². The molecule has 0 aliphatic heterocycles. The number of pyridine rings is 1. The Hall–Kier alpha value is -2.14. The third-order valence-corrected chi connectivity index (χ3v) is 4.14. The van der Waals surface area contributed by atoms with Crippen LogP contribution in [-0.4, -0.2) is 15.3 Å². The highest BCUT2D eigenvalue weighted by atomic mass is 79.9. The van der Waals surface area contributed by atoms with Gasteiger partial charge in [-0.15, -0.1) is 0 Å². The van der Waals surface area contributed by atoms with Crippen LogP contribution in [0.4, 0.5) is 5.69 Å². The number of nitrogens with one attached hydrogen (secondary N) is 1. The van der Waals surface area contributed by atoms with Gasteiger partial charge in [-0.1, -0.05) is 15.9 Å². The molecule has 0 fully saturated rings. The molecule has 1 amide bonds. The van der Waals surface area contributed by atoms with Crippen LogP contribution in [0.25, 0.3) is 5.65 Å². The fraction of sp³-hybridized carbons (Fsp3) is 0.125. The van der Waals surface area contributed by atoms with Crippen molar-refractivity contribution >= 4 is 33.2 Å². The van der Waals surface area contributed by atoms with E-state index in [1.165, 1.54) is 0 Å². The normalized spacial score (nSPS) is 10.8. The fourth-order valence-electron chi connectivity index (χ4n) is 2.18. The van der Waals surface area contributed by atoms with E-state index in [2.05, 4.69) is 26.2 Å². The van der Waals surface area contributed by atoms with Crippen molar-refractivity contribution in [2.45, 2.75) is 13.8 Å². The molecular weight excluding hydrogens is 330 g/mol. The lowest BCUT2D eigenvalue weighted by atomic mass is 10.2. The summed E-state index contributed by atoms with van der Waals surface area (Å²) in [6, 6.07) is 9.35. The number of aryl methyl sites for hydroxylation is 2. The minimum atomic E-state index is -0.134. The van der Waals surface area contributed by atoms with Gasteiger partial charge >= 0.3 is 0 Å². The number of fused-ring (bicyclic) bond motifs is 1. The van der Waals surface area contributed by atoms with Crippen LogP contribution >= 0.6 is 15.9 Å². The summed E-state index contributed by atoms with van der Waals surface area (Å²) in [6.07, 6.45) is 3.69. The van der Waals surface area contributed by atoms with Crippen LogP contribution in [0, 0.1) is 13.8 Å². The van der Waals surface area contributed by atoms with E-state index in [1.54, 1.807) is 12.3 Å². The number of amides is 1. The summed E-state index contributed by atoms with van der Waals surface area (Å²) in [6.45, 7) is 3.91. The minimum Gasteiger partial charge on any atom is -0.322 e. The highest BCUT2D eigenvalue weighted by Crippen LogP contribution is 2.20. The number of aromatic nitrogens is 2. The maximum Gasteiger partial charge on any atom is 0.257 e. The molecule has 0 aliphatic rings. The van der Waals surface area contributed by atoms with E-state index in [0.29, 0.717) is 5.56 Å². The third-order valence-electron chi connectivity index (χ3n) is 3.25. The second-order valence-electron chi connectivity index (χ2n) is 4.98. The minimum absolute atomic E-state index is 0.134. The summed E-state index contributed by atoms with van der Waals surface area (Å²) in [4.78, 5) is 16.6. The van der Waals surface area contributed by atoms with Crippen molar-refractivity contribution in [2.75, 3.05) is 5.32 Å². The fourth-order valence-corrected chi connectivity index (χ4v) is 2.43. The van der Waals surface area contributed by atoms with Gasteiger partial charge in [0.2, 0.25) is 0 Å². The monoisotopic (exact) mass is 343 g/mol. The largest absolute Gasteiger partial charge is 0.322 e. The first-order chi connectivity index (χ1) is 10.0. The number of carbonyl (C=O) groups excluding carboxylic acids is 1. The zero-order valence-corrected chi connectivity index (χ0v) is 13.3.